The van der Waals surface area contributed by atoms with Crippen LogP contribution in [0.2, 0.25) is 0 Å². The number of nitrogens with one attached hydrogen (secondary N) is 1. The van der Waals surface area contributed by atoms with E-state index < -0.39 is 0 Å². The first kappa shape index (κ1) is 26.8. The summed E-state index contributed by atoms with van der Waals surface area (Å²) < 4.78 is 7.42. The Morgan fingerprint density at radius 3 is 2.67 bits per heavy atom. The van der Waals surface area contributed by atoms with Gasteiger partial charge in [-0.25, -0.2) is 4.99 Å². The van der Waals surface area contributed by atoms with Crippen molar-refractivity contribution in [1.29, 1.82) is 0 Å². The van der Waals surface area contributed by atoms with Crippen LogP contribution < -0.4 is 5.32 Å². The molecule has 0 spiro atoms. The minimum Gasteiger partial charge on any atom is -0.379 e. The number of unbranched alkanes of at least 4 members (excludes halogenated alkanes) is 3. The zero-order chi connectivity index (χ0) is 20.9. The van der Waals surface area contributed by atoms with Gasteiger partial charge in [0, 0.05) is 40.3 Å². The van der Waals surface area contributed by atoms with Crippen LogP contribution in [0.5, 0.6) is 0 Å². The second-order valence-corrected chi connectivity index (χ2v) is 7.66. The minimum absolute atomic E-state index is 0. The summed E-state index contributed by atoms with van der Waals surface area (Å²) in [6.07, 6.45) is 7.75. The smallest absolute Gasteiger partial charge is 0.194 e. The fourth-order valence-electron chi connectivity index (χ4n) is 3.29. The number of halogens is 1. The van der Waals surface area contributed by atoms with Gasteiger partial charge in [-0.3, -0.25) is 4.90 Å². The number of hydrogen-bond donors (Lipinski definition) is 1. The maximum absolute atomic E-state index is 5.42. The van der Waals surface area contributed by atoms with Gasteiger partial charge in [0.2, 0.25) is 0 Å². The summed E-state index contributed by atoms with van der Waals surface area (Å²) in [6.45, 7) is 13.1. The van der Waals surface area contributed by atoms with Gasteiger partial charge in [-0.05, 0) is 39.2 Å². The number of aryl methyl sites for hydroxylation is 1. The molecular weight excluding hydrogens is 493 g/mol. The van der Waals surface area contributed by atoms with Crippen molar-refractivity contribution in [1.82, 2.24) is 29.9 Å². The molecule has 9 heteroatoms. The lowest BCUT2D eigenvalue weighted by molar-refractivity contribution is 0.0375. The van der Waals surface area contributed by atoms with Crippen molar-refractivity contribution in [3.63, 3.8) is 0 Å². The molecular formula is C21H40IN7O. The topological polar surface area (TPSA) is 70.8 Å². The van der Waals surface area contributed by atoms with E-state index in [1.54, 1.807) is 0 Å². The lowest BCUT2D eigenvalue weighted by atomic mass is 10.2. The van der Waals surface area contributed by atoms with Gasteiger partial charge in [0.15, 0.2) is 11.8 Å². The maximum Gasteiger partial charge on any atom is 0.194 e. The van der Waals surface area contributed by atoms with Crippen LogP contribution in [-0.4, -0.2) is 83.5 Å². The Morgan fingerprint density at radius 1 is 1.23 bits per heavy atom. The van der Waals surface area contributed by atoms with E-state index in [1.165, 1.54) is 12.8 Å². The third kappa shape index (κ3) is 9.74. The molecule has 2 rings (SSSR count). The summed E-state index contributed by atoms with van der Waals surface area (Å²) in [5.74, 6) is 2.73. The quantitative estimate of drug-likeness (QED) is 0.147. The van der Waals surface area contributed by atoms with Crippen LogP contribution in [0, 0.1) is 6.92 Å². The fraction of sp³-hybridized carbons (Fsp3) is 0.762. The predicted molar refractivity (Wildman–Crippen MR) is 133 cm³/mol. The van der Waals surface area contributed by atoms with E-state index in [0.717, 1.165) is 82.8 Å². The van der Waals surface area contributed by atoms with Gasteiger partial charge >= 0.3 is 0 Å². The average Bonchev–Trinajstić information content (AvgIpc) is 3.05. The third-order valence-corrected chi connectivity index (χ3v) is 5.35. The number of aromatic nitrogens is 3. The highest BCUT2D eigenvalue weighted by Crippen LogP contribution is 2.04. The Labute approximate surface area is 199 Å². The van der Waals surface area contributed by atoms with Crippen LogP contribution in [0.4, 0.5) is 0 Å². The molecule has 1 fully saturated rings. The largest absolute Gasteiger partial charge is 0.379 e. The molecule has 1 aromatic heterocycles. The van der Waals surface area contributed by atoms with Crippen LogP contribution in [0.1, 0.15) is 43.8 Å². The monoisotopic (exact) mass is 533 g/mol. The fourth-order valence-corrected chi connectivity index (χ4v) is 3.29. The number of guanidine groups is 1. The van der Waals surface area contributed by atoms with Crippen molar-refractivity contribution in [2.24, 2.45) is 12.0 Å². The lowest BCUT2D eigenvalue weighted by Gasteiger charge is -2.27. The first-order valence-electron chi connectivity index (χ1n) is 10.9. The molecule has 2 heterocycles. The molecule has 0 aromatic carbocycles. The van der Waals surface area contributed by atoms with Crippen molar-refractivity contribution < 1.29 is 4.74 Å². The van der Waals surface area contributed by atoms with E-state index in [9.17, 15) is 0 Å². The molecule has 0 bridgehead atoms. The normalized spacial score (nSPS) is 15.0. The van der Waals surface area contributed by atoms with E-state index in [4.69, 9.17) is 9.73 Å². The highest BCUT2D eigenvalue weighted by Gasteiger charge is 2.11. The van der Waals surface area contributed by atoms with Crippen LogP contribution in [0.3, 0.4) is 0 Å². The summed E-state index contributed by atoms with van der Waals surface area (Å²) >= 11 is 0. The zero-order valence-electron chi connectivity index (χ0n) is 19.0. The van der Waals surface area contributed by atoms with E-state index in [1.807, 2.05) is 24.6 Å². The predicted octanol–water partition coefficient (Wildman–Crippen LogP) is 2.59. The molecule has 30 heavy (non-hydrogen) atoms. The number of hydrogen-bond acceptors (Lipinski definition) is 5. The first-order valence-corrected chi connectivity index (χ1v) is 10.9. The molecule has 0 radical (unpaired) electrons. The SMILES string of the molecule is C=CCCCCCN(C)C(=NCc1nnc(C)n1C)NCCCN1CCOCC1.I. The van der Waals surface area contributed by atoms with Gasteiger partial charge < -0.3 is 19.5 Å². The summed E-state index contributed by atoms with van der Waals surface area (Å²) in [5, 5.41) is 11.9. The van der Waals surface area contributed by atoms with E-state index in [0.29, 0.717) is 6.54 Å². The molecule has 1 aliphatic rings. The molecule has 0 aliphatic carbocycles. The van der Waals surface area contributed by atoms with Crippen LogP contribution in [0.15, 0.2) is 17.6 Å². The third-order valence-electron chi connectivity index (χ3n) is 5.35. The second-order valence-electron chi connectivity index (χ2n) is 7.66. The molecule has 0 unspecified atom stereocenters. The number of ether oxygens (including phenoxy) is 1. The number of aliphatic imine (C=N–C) groups is 1. The van der Waals surface area contributed by atoms with Gasteiger partial charge in [0.25, 0.3) is 0 Å². The highest BCUT2D eigenvalue weighted by atomic mass is 127. The van der Waals surface area contributed by atoms with Crippen molar-refractivity contribution in [2.45, 2.75) is 45.6 Å². The van der Waals surface area contributed by atoms with E-state index in [2.05, 4.69) is 38.9 Å². The van der Waals surface area contributed by atoms with Gasteiger partial charge in [0.05, 0.1) is 13.2 Å². The van der Waals surface area contributed by atoms with Crippen molar-refractivity contribution >= 4 is 29.9 Å². The van der Waals surface area contributed by atoms with Crippen molar-refractivity contribution in [3.05, 3.63) is 24.3 Å². The molecule has 1 saturated heterocycles. The Kier molecular flexibility index (Phi) is 13.9. The highest BCUT2D eigenvalue weighted by molar-refractivity contribution is 14.0. The molecule has 172 valence electrons. The van der Waals surface area contributed by atoms with E-state index >= 15 is 0 Å². The van der Waals surface area contributed by atoms with Gasteiger partial charge in [-0.2, -0.15) is 0 Å². The summed E-state index contributed by atoms with van der Waals surface area (Å²) in [6, 6.07) is 0. The van der Waals surface area contributed by atoms with Crippen molar-refractivity contribution in [3.8, 4) is 0 Å². The zero-order valence-corrected chi connectivity index (χ0v) is 21.3. The molecule has 0 saturated carbocycles. The Bertz CT molecular complexity index is 629. The van der Waals surface area contributed by atoms with Crippen LogP contribution >= 0.6 is 24.0 Å². The number of allylic oxidation sites excluding steroid dienone is 1. The molecule has 0 amide bonds. The summed E-state index contributed by atoms with van der Waals surface area (Å²) in [7, 11) is 4.10. The molecule has 8 nitrogen and oxygen atoms in total. The maximum atomic E-state index is 5.42. The summed E-state index contributed by atoms with van der Waals surface area (Å²) in [5.41, 5.74) is 0. The van der Waals surface area contributed by atoms with Gasteiger partial charge in [0.1, 0.15) is 12.4 Å². The Balaban J connectivity index is 0.00000450. The van der Waals surface area contributed by atoms with E-state index in [-0.39, 0.29) is 24.0 Å². The average molecular weight is 534 g/mol. The van der Waals surface area contributed by atoms with Crippen molar-refractivity contribution in [2.75, 3.05) is 53.0 Å². The Hall–Kier alpha value is -1.20. The van der Waals surface area contributed by atoms with Gasteiger partial charge in [-0.15, -0.1) is 40.8 Å². The minimum atomic E-state index is 0. The standard InChI is InChI=1S/C21H39N7O.HI/c1-5-6-7-8-9-12-26(3)21(23-18-20-25-24-19(2)27(20)4)22-11-10-13-28-14-16-29-17-15-28;/h5H,1,6-18H2,2-4H3,(H,22,23);1H. The van der Waals surface area contributed by atoms with Crippen LogP contribution in [-0.2, 0) is 18.3 Å². The lowest BCUT2D eigenvalue weighted by Crippen LogP contribution is -2.42. The molecule has 1 aliphatic heterocycles. The summed E-state index contributed by atoms with van der Waals surface area (Å²) in [4.78, 5) is 9.52. The van der Waals surface area contributed by atoms with Gasteiger partial charge in [-0.1, -0.05) is 12.5 Å². The number of morpholine rings is 1. The first-order chi connectivity index (χ1) is 14.1. The molecule has 1 aromatic rings. The molecule has 1 N–H and O–H groups in total. The molecule has 0 atom stereocenters. The van der Waals surface area contributed by atoms with Crippen LogP contribution in [0.25, 0.3) is 0 Å². The second kappa shape index (κ2) is 15.6. The Morgan fingerprint density at radius 2 is 2.00 bits per heavy atom. The number of rotatable bonds is 12. The number of nitrogens with zero attached hydrogens (tertiary/aromatic N) is 6.